The Labute approximate surface area is 437 Å². The fourth-order valence-corrected chi connectivity index (χ4v) is 18.1. The Morgan fingerprint density at radius 1 is 0.351 bits per heavy atom. The van der Waals surface area contributed by atoms with E-state index < -0.39 is 5.41 Å². The number of anilines is 6. The zero-order valence-electron chi connectivity index (χ0n) is 42.2. The maximum Gasteiger partial charge on any atom is 0.0714 e. The van der Waals surface area contributed by atoms with E-state index in [0.717, 1.165) is 30.6 Å². The summed E-state index contributed by atoms with van der Waals surface area (Å²) >= 11 is 0. The van der Waals surface area contributed by atoms with E-state index in [-0.39, 0.29) is 10.8 Å². The first-order valence-electron chi connectivity index (χ1n) is 28.0. The van der Waals surface area contributed by atoms with Gasteiger partial charge < -0.3 is 9.80 Å². The minimum absolute atomic E-state index is 0.154. The predicted octanol–water partition coefficient (Wildman–Crippen LogP) is 17.9. The molecule has 74 heavy (non-hydrogen) atoms. The van der Waals surface area contributed by atoms with Crippen molar-refractivity contribution in [2.24, 2.45) is 29.6 Å². The monoisotopic (exact) mass is 954 g/mol. The van der Waals surface area contributed by atoms with Gasteiger partial charge in [0.25, 0.3) is 0 Å². The SMILES string of the molecule is c1ccc(N(c2ccc3c(c2)C(c2ccccc2)(c2ccccc2)c2ccccc2-3)c2cccc3c2C24c5c(cccc5N(c5ccccc5)c5ccccc5C56CC7CC(CC(C7)C5)C6)CC2CCC4C3)cc1. The quantitative estimate of drug-likeness (QED) is 0.142. The third-order valence-electron chi connectivity index (χ3n) is 20.1. The molecule has 0 radical (unpaired) electrons. The first-order chi connectivity index (χ1) is 36.6. The largest absolute Gasteiger partial charge is 0.310 e. The molecule has 0 amide bonds. The summed E-state index contributed by atoms with van der Waals surface area (Å²) in [5, 5.41) is 0. The van der Waals surface area contributed by atoms with Crippen molar-refractivity contribution in [3.63, 3.8) is 0 Å². The number of rotatable bonds is 9. The van der Waals surface area contributed by atoms with Crippen molar-refractivity contribution in [1.82, 2.24) is 0 Å². The third-order valence-corrected chi connectivity index (χ3v) is 20.1. The molecular weight excluding hydrogens is 893 g/mol. The Morgan fingerprint density at radius 2 is 0.811 bits per heavy atom. The van der Waals surface area contributed by atoms with Gasteiger partial charge >= 0.3 is 0 Å². The van der Waals surface area contributed by atoms with Crippen molar-refractivity contribution in [1.29, 1.82) is 0 Å². The van der Waals surface area contributed by atoms with Gasteiger partial charge in [-0.3, -0.25) is 0 Å². The third kappa shape index (κ3) is 5.94. The van der Waals surface area contributed by atoms with Crippen LogP contribution in [0.15, 0.2) is 224 Å². The zero-order valence-corrected chi connectivity index (χ0v) is 42.2. The summed E-state index contributed by atoms with van der Waals surface area (Å²) in [6, 6.07) is 86.5. The molecule has 9 aromatic carbocycles. The van der Waals surface area contributed by atoms with Crippen LogP contribution in [-0.2, 0) is 29.1 Å². The second kappa shape index (κ2) is 16.3. The molecular formula is C72H62N2. The van der Waals surface area contributed by atoms with Crippen LogP contribution in [0, 0.1) is 29.6 Å². The summed E-state index contributed by atoms with van der Waals surface area (Å²) in [5.41, 5.74) is 23.1. The molecule has 2 heteroatoms. The Bertz CT molecular complexity index is 3550. The lowest BCUT2D eigenvalue weighted by molar-refractivity contribution is -0.00491. The van der Waals surface area contributed by atoms with Gasteiger partial charge in [-0.05, 0) is 215 Å². The fourth-order valence-electron chi connectivity index (χ4n) is 18.1. The number of hydrogen-bond donors (Lipinski definition) is 0. The topological polar surface area (TPSA) is 6.48 Å². The number of fused-ring (bicyclic) bond motifs is 5. The van der Waals surface area contributed by atoms with E-state index in [2.05, 4.69) is 234 Å². The summed E-state index contributed by atoms with van der Waals surface area (Å²) in [5.74, 6) is 3.63. The molecule has 3 atom stereocenters. The van der Waals surface area contributed by atoms with Crippen molar-refractivity contribution in [3.05, 3.63) is 275 Å². The number of nitrogens with zero attached hydrogens (tertiary/aromatic N) is 2. The van der Waals surface area contributed by atoms with Gasteiger partial charge in [-0.2, -0.15) is 0 Å². The van der Waals surface area contributed by atoms with E-state index in [0.29, 0.717) is 11.8 Å². The molecule has 5 saturated carbocycles. The molecule has 0 saturated heterocycles. The van der Waals surface area contributed by atoms with E-state index in [1.54, 1.807) is 22.3 Å². The molecule has 3 unspecified atom stereocenters. The van der Waals surface area contributed by atoms with E-state index in [9.17, 15) is 0 Å². The van der Waals surface area contributed by atoms with Gasteiger partial charge in [0, 0.05) is 28.2 Å². The van der Waals surface area contributed by atoms with Crippen LogP contribution in [-0.4, -0.2) is 0 Å². The van der Waals surface area contributed by atoms with E-state index in [1.165, 1.54) is 124 Å². The highest BCUT2D eigenvalue weighted by atomic mass is 15.2. The van der Waals surface area contributed by atoms with Crippen molar-refractivity contribution in [3.8, 4) is 11.1 Å². The average molecular weight is 955 g/mol. The van der Waals surface area contributed by atoms with Crippen LogP contribution in [0.3, 0.4) is 0 Å². The van der Waals surface area contributed by atoms with Crippen molar-refractivity contribution >= 4 is 34.1 Å². The van der Waals surface area contributed by atoms with Crippen LogP contribution < -0.4 is 9.80 Å². The van der Waals surface area contributed by atoms with Crippen molar-refractivity contribution in [2.75, 3.05) is 9.80 Å². The lowest BCUT2D eigenvalue weighted by Crippen LogP contribution is -2.49. The fraction of sp³-hybridized carbons (Fsp3) is 0.250. The second-order valence-electron chi connectivity index (χ2n) is 23.7. The smallest absolute Gasteiger partial charge is 0.0714 e. The highest BCUT2D eigenvalue weighted by Gasteiger charge is 2.63. The number of hydrogen-bond acceptors (Lipinski definition) is 2. The second-order valence-corrected chi connectivity index (χ2v) is 23.7. The van der Waals surface area contributed by atoms with Gasteiger partial charge in [-0.25, -0.2) is 0 Å². The summed E-state index contributed by atoms with van der Waals surface area (Å²) in [6.07, 6.45) is 13.1. The average Bonchev–Trinajstić information content (AvgIpc) is 4.28. The van der Waals surface area contributed by atoms with Gasteiger partial charge in [0.1, 0.15) is 0 Å². The Kier molecular flexibility index (Phi) is 9.47. The highest BCUT2D eigenvalue weighted by Crippen LogP contribution is 2.70. The van der Waals surface area contributed by atoms with Crippen LogP contribution in [0.1, 0.15) is 101 Å². The van der Waals surface area contributed by atoms with Crippen molar-refractivity contribution < 1.29 is 0 Å². The van der Waals surface area contributed by atoms with Gasteiger partial charge in [0.05, 0.1) is 16.8 Å². The normalized spacial score (nSPS) is 25.6. The molecule has 0 heterocycles. The van der Waals surface area contributed by atoms with E-state index in [4.69, 9.17) is 0 Å². The molecule has 0 N–H and O–H groups in total. The van der Waals surface area contributed by atoms with E-state index in [1.807, 2.05) is 0 Å². The van der Waals surface area contributed by atoms with Crippen LogP contribution in [0.5, 0.6) is 0 Å². The van der Waals surface area contributed by atoms with Gasteiger partial charge in [-0.15, -0.1) is 0 Å². The molecule has 360 valence electrons. The molecule has 8 aliphatic carbocycles. The maximum atomic E-state index is 2.76. The van der Waals surface area contributed by atoms with Crippen molar-refractivity contribution in [2.45, 2.75) is 80.5 Å². The Balaban J connectivity index is 0.924. The summed E-state index contributed by atoms with van der Waals surface area (Å²) in [7, 11) is 0. The summed E-state index contributed by atoms with van der Waals surface area (Å²) < 4.78 is 0. The standard InChI is InChI=1S/C72H62N2/c1-5-21-53(22-6-1)71(54-23-7-2-8-24-54)62-30-14-13-29-60(62)61-38-37-59(44-64(61)71)73(57-25-9-3-10-26-57)66-33-17-19-51-42-55-35-36-56-43-52-20-18-34-67(69(52)72(55,56)68(51)66)74(58-27-11-4-12-28-58)65-32-16-15-31-63(65)70-45-48-39-49(46-70)41-50(40-48)47-70/h1-34,37-38,44,48-50,55-56H,35-36,39-43,45-47H2. The molecule has 2 nitrogen and oxygen atoms in total. The molecule has 4 bridgehead atoms. The van der Waals surface area contributed by atoms with Gasteiger partial charge in [0.2, 0.25) is 0 Å². The lowest BCUT2D eigenvalue weighted by atomic mass is 9.48. The zero-order chi connectivity index (χ0) is 48.6. The molecule has 8 aliphatic rings. The van der Waals surface area contributed by atoms with Crippen LogP contribution in [0.4, 0.5) is 34.1 Å². The minimum atomic E-state index is -0.502. The van der Waals surface area contributed by atoms with Crippen LogP contribution in [0.25, 0.3) is 11.1 Å². The van der Waals surface area contributed by atoms with Crippen LogP contribution >= 0.6 is 0 Å². The molecule has 17 rings (SSSR count). The lowest BCUT2D eigenvalue weighted by Gasteiger charge is -2.57. The molecule has 0 aromatic heterocycles. The predicted molar refractivity (Wildman–Crippen MR) is 304 cm³/mol. The minimum Gasteiger partial charge on any atom is -0.310 e. The first-order valence-corrected chi connectivity index (χ1v) is 28.0. The molecule has 9 aromatic rings. The van der Waals surface area contributed by atoms with Gasteiger partial charge in [-0.1, -0.05) is 170 Å². The Morgan fingerprint density at radius 3 is 1.39 bits per heavy atom. The Hall–Kier alpha value is -7.42. The number of para-hydroxylation sites is 3. The summed E-state index contributed by atoms with van der Waals surface area (Å²) in [6.45, 7) is 0. The summed E-state index contributed by atoms with van der Waals surface area (Å²) in [4.78, 5) is 5.42. The van der Waals surface area contributed by atoms with Crippen LogP contribution in [0.2, 0.25) is 0 Å². The van der Waals surface area contributed by atoms with Gasteiger partial charge in [0.15, 0.2) is 0 Å². The molecule has 0 aliphatic heterocycles. The molecule has 5 fully saturated rings. The maximum absolute atomic E-state index is 2.76. The number of benzene rings is 9. The van der Waals surface area contributed by atoms with E-state index >= 15 is 0 Å². The molecule has 1 spiro atoms. The highest BCUT2D eigenvalue weighted by molar-refractivity contribution is 5.91. The first kappa shape index (κ1) is 43.0.